The van der Waals surface area contributed by atoms with E-state index >= 15 is 0 Å². The monoisotopic (exact) mass is 349 g/mol. The Morgan fingerprint density at radius 3 is 1.41 bits per heavy atom. The van der Waals surface area contributed by atoms with Crippen LogP contribution in [0.4, 0.5) is 13.2 Å². The Labute approximate surface area is 125 Å². The Morgan fingerprint density at radius 1 is 0.727 bits per heavy atom. The lowest BCUT2D eigenvalue weighted by Gasteiger charge is -2.11. The number of hydrogen-bond acceptors (Lipinski definition) is 3. The van der Waals surface area contributed by atoms with Crippen LogP contribution in [0.15, 0.2) is 74.2 Å². The molecule has 2 aromatic rings. The summed E-state index contributed by atoms with van der Waals surface area (Å²) in [6, 6.07) is 14.0. The molecular formula is C13H10F3NO3S2. The van der Waals surface area contributed by atoms with E-state index in [1.165, 1.54) is 48.5 Å². The first-order chi connectivity index (χ1) is 10.2. The van der Waals surface area contributed by atoms with Crippen molar-refractivity contribution in [2.75, 3.05) is 0 Å². The Kier molecular flexibility index (Phi) is 4.30. The smallest absolute Gasteiger partial charge is 0.239 e. The molecule has 0 saturated heterocycles. The Balaban J connectivity index is 2.83. The highest BCUT2D eigenvalue weighted by molar-refractivity contribution is 8.03. The maximum atomic E-state index is 13.0. The van der Waals surface area contributed by atoms with Gasteiger partial charge in [-0.15, -0.1) is 0 Å². The number of sulfonamides is 1. The number of hydrogen-bond donors (Lipinski definition) is 0. The van der Waals surface area contributed by atoms with Gasteiger partial charge in [-0.2, -0.15) is 21.6 Å². The Hall–Kier alpha value is -1.87. The van der Waals surface area contributed by atoms with Crippen molar-refractivity contribution in [3.05, 3.63) is 60.7 Å². The molecule has 0 amide bonds. The lowest BCUT2D eigenvalue weighted by molar-refractivity contribution is -0.0434. The molecule has 22 heavy (non-hydrogen) atoms. The van der Waals surface area contributed by atoms with Crippen molar-refractivity contribution in [3.8, 4) is 0 Å². The van der Waals surface area contributed by atoms with Crippen molar-refractivity contribution in [2.45, 2.75) is 15.3 Å². The van der Waals surface area contributed by atoms with Crippen LogP contribution in [0.1, 0.15) is 0 Å². The van der Waals surface area contributed by atoms with E-state index in [0.29, 0.717) is 0 Å². The van der Waals surface area contributed by atoms with Gasteiger partial charge in [0.05, 0.1) is 9.79 Å². The molecule has 0 aliphatic carbocycles. The van der Waals surface area contributed by atoms with Crippen LogP contribution in [-0.2, 0) is 19.8 Å². The van der Waals surface area contributed by atoms with Gasteiger partial charge in [-0.05, 0) is 24.3 Å². The summed E-state index contributed by atoms with van der Waals surface area (Å²) in [5.74, 6) is 0. The summed E-state index contributed by atoms with van der Waals surface area (Å²) in [5, 5.41) is 0. The SMILES string of the molecule is O=S(=O)(N=S(=O)(c1ccccc1)c1ccccc1)C(F)(F)F. The number of halogens is 3. The maximum Gasteiger partial charge on any atom is 0.519 e. The Bertz CT molecular complexity index is 824. The van der Waals surface area contributed by atoms with E-state index < -0.39 is 25.3 Å². The average molecular weight is 349 g/mol. The van der Waals surface area contributed by atoms with Crippen molar-refractivity contribution in [2.24, 2.45) is 3.77 Å². The number of alkyl halides is 3. The zero-order valence-electron chi connectivity index (χ0n) is 10.9. The van der Waals surface area contributed by atoms with Crippen LogP contribution < -0.4 is 0 Å². The molecule has 0 bridgehead atoms. The van der Waals surface area contributed by atoms with E-state index in [0.717, 1.165) is 0 Å². The average Bonchev–Trinajstić information content (AvgIpc) is 2.47. The molecule has 4 nitrogen and oxygen atoms in total. The number of rotatable bonds is 3. The largest absolute Gasteiger partial charge is 0.519 e. The van der Waals surface area contributed by atoms with E-state index in [1.54, 1.807) is 12.1 Å². The van der Waals surface area contributed by atoms with Crippen molar-refractivity contribution < 1.29 is 25.8 Å². The molecule has 0 heterocycles. The summed E-state index contributed by atoms with van der Waals surface area (Å²) in [7, 11) is -9.87. The van der Waals surface area contributed by atoms with Crippen LogP contribution in [0.5, 0.6) is 0 Å². The molecule has 118 valence electrons. The molecule has 0 N–H and O–H groups in total. The van der Waals surface area contributed by atoms with Gasteiger partial charge in [-0.25, -0.2) is 4.21 Å². The molecule has 0 spiro atoms. The van der Waals surface area contributed by atoms with Gasteiger partial charge in [0, 0.05) is 0 Å². The van der Waals surface area contributed by atoms with Gasteiger partial charge in [0.2, 0.25) is 0 Å². The second-order valence-electron chi connectivity index (χ2n) is 4.15. The van der Waals surface area contributed by atoms with E-state index in [9.17, 15) is 25.8 Å². The standard InChI is InChI=1S/C13H10F3NO3S2/c14-13(15,16)22(19,20)17-21(18,11-7-3-1-4-8-11)12-9-5-2-6-10-12/h1-10H. The highest BCUT2D eigenvalue weighted by Gasteiger charge is 2.47. The van der Waals surface area contributed by atoms with Gasteiger partial charge in [0.15, 0.2) is 0 Å². The summed E-state index contributed by atoms with van der Waals surface area (Å²) in [5.41, 5.74) is -5.61. The van der Waals surface area contributed by atoms with Gasteiger partial charge >= 0.3 is 15.5 Å². The molecule has 0 aliphatic heterocycles. The van der Waals surface area contributed by atoms with Crippen molar-refractivity contribution in [3.63, 3.8) is 0 Å². The minimum atomic E-state index is -5.90. The van der Waals surface area contributed by atoms with Crippen LogP contribution in [0.2, 0.25) is 0 Å². The molecule has 0 aromatic heterocycles. The van der Waals surface area contributed by atoms with Gasteiger partial charge in [-0.3, -0.25) is 0 Å². The second-order valence-corrected chi connectivity index (χ2v) is 8.15. The highest BCUT2D eigenvalue weighted by atomic mass is 32.3. The second kappa shape index (κ2) is 5.73. The van der Waals surface area contributed by atoms with Crippen LogP contribution in [-0.4, -0.2) is 18.1 Å². The molecule has 0 atom stereocenters. The van der Waals surface area contributed by atoms with E-state index in [-0.39, 0.29) is 9.79 Å². The summed E-state index contributed by atoms with van der Waals surface area (Å²) in [6.07, 6.45) is 0. The molecule has 0 saturated carbocycles. The quantitative estimate of drug-likeness (QED) is 0.853. The fraction of sp³-hybridized carbons (Fsp3) is 0.0769. The molecular weight excluding hydrogens is 339 g/mol. The van der Waals surface area contributed by atoms with Crippen LogP contribution in [0, 0.1) is 0 Å². The van der Waals surface area contributed by atoms with E-state index in [4.69, 9.17) is 0 Å². The fourth-order valence-electron chi connectivity index (χ4n) is 1.61. The molecule has 2 aromatic carbocycles. The molecule has 9 heteroatoms. The van der Waals surface area contributed by atoms with Crippen LogP contribution in [0.3, 0.4) is 0 Å². The van der Waals surface area contributed by atoms with Gasteiger partial charge in [0.25, 0.3) is 0 Å². The first-order valence-electron chi connectivity index (χ1n) is 5.87. The first kappa shape index (κ1) is 16.5. The van der Waals surface area contributed by atoms with Gasteiger partial charge in [0.1, 0.15) is 9.73 Å². The zero-order valence-corrected chi connectivity index (χ0v) is 12.5. The minimum Gasteiger partial charge on any atom is -0.239 e. The molecule has 0 radical (unpaired) electrons. The normalized spacial score (nSPS) is 12.9. The fourth-order valence-corrected chi connectivity index (χ4v) is 5.07. The lowest BCUT2D eigenvalue weighted by atomic mass is 10.4. The number of benzene rings is 2. The predicted octanol–water partition coefficient (Wildman–Crippen LogP) is 3.42. The zero-order chi connectivity index (χ0) is 16.4. The Morgan fingerprint density at radius 2 is 1.09 bits per heavy atom. The first-order valence-corrected chi connectivity index (χ1v) is 8.82. The lowest BCUT2D eigenvalue weighted by Crippen LogP contribution is -2.22. The third-order valence-corrected chi connectivity index (χ3v) is 6.65. The minimum absolute atomic E-state index is 0.117. The molecule has 2 rings (SSSR count). The van der Waals surface area contributed by atoms with Crippen LogP contribution in [0.25, 0.3) is 0 Å². The van der Waals surface area contributed by atoms with E-state index in [2.05, 4.69) is 3.77 Å². The maximum absolute atomic E-state index is 13.0. The summed E-state index contributed by atoms with van der Waals surface area (Å²) >= 11 is 0. The molecule has 0 fully saturated rings. The summed E-state index contributed by atoms with van der Waals surface area (Å²) in [4.78, 5) is -0.233. The van der Waals surface area contributed by atoms with Crippen LogP contribution >= 0.6 is 0 Å². The third-order valence-electron chi connectivity index (χ3n) is 2.62. The van der Waals surface area contributed by atoms with Gasteiger partial charge in [-0.1, -0.05) is 40.2 Å². The molecule has 0 unspecified atom stereocenters. The summed E-state index contributed by atoms with van der Waals surface area (Å²) in [6.45, 7) is 0. The van der Waals surface area contributed by atoms with Crippen molar-refractivity contribution in [1.82, 2.24) is 0 Å². The van der Waals surface area contributed by atoms with Crippen molar-refractivity contribution in [1.29, 1.82) is 0 Å². The molecule has 0 aliphatic rings. The third kappa shape index (κ3) is 3.14. The van der Waals surface area contributed by atoms with Crippen molar-refractivity contribution >= 4 is 19.8 Å². The van der Waals surface area contributed by atoms with E-state index in [1.807, 2.05) is 0 Å². The predicted molar refractivity (Wildman–Crippen MR) is 75.0 cm³/mol. The van der Waals surface area contributed by atoms with Gasteiger partial charge < -0.3 is 0 Å². The highest BCUT2D eigenvalue weighted by Crippen LogP contribution is 2.31. The summed E-state index contributed by atoms with van der Waals surface area (Å²) < 4.78 is 76.2. The topological polar surface area (TPSA) is 63.6 Å². The number of nitrogens with zero attached hydrogens (tertiary/aromatic N) is 1.